The second-order valence-corrected chi connectivity index (χ2v) is 4.08. The highest BCUT2D eigenvalue weighted by Crippen LogP contribution is 2.16. The van der Waals surface area contributed by atoms with Crippen molar-refractivity contribution in [1.29, 1.82) is 0 Å². The number of aliphatic imine (C=N–C) groups is 2. The number of nitrogens with two attached hydrogens (primary N) is 1. The summed E-state index contributed by atoms with van der Waals surface area (Å²) in [5.41, 5.74) is 8.20. The number of nitrogens with zero attached hydrogens (tertiary/aromatic N) is 2. The molecule has 2 aromatic rings. The first-order valence-corrected chi connectivity index (χ1v) is 6.19. The molecule has 21 heavy (non-hydrogen) atoms. The predicted molar refractivity (Wildman–Crippen MR) is 81.0 cm³/mol. The van der Waals surface area contributed by atoms with Gasteiger partial charge in [0.1, 0.15) is 0 Å². The van der Waals surface area contributed by atoms with Gasteiger partial charge in [0.25, 0.3) is 0 Å². The average molecular weight is 281 g/mol. The quantitative estimate of drug-likeness (QED) is 0.533. The summed E-state index contributed by atoms with van der Waals surface area (Å²) in [6.07, 6.45) is 1.90. The Bertz CT molecular complexity index is 619. The van der Waals surface area contributed by atoms with E-state index in [2.05, 4.69) is 9.98 Å². The highest BCUT2D eigenvalue weighted by Gasteiger charge is 2.05. The third-order valence-corrected chi connectivity index (χ3v) is 2.64. The van der Waals surface area contributed by atoms with Gasteiger partial charge in [-0.1, -0.05) is 48.5 Å². The van der Waals surface area contributed by atoms with Crippen molar-refractivity contribution in [2.75, 3.05) is 5.73 Å². The van der Waals surface area contributed by atoms with E-state index in [1.54, 1.807) is 24.3 Å². The van der Waals surface area contributed by atoms with Crippen molar-refractivity contribution in [2.45, 2.75) is 13.1 Å². The van der Waals surface area contributed by atoms with E-state index < -0.39 is 6.17 Å². The molecule has 0 bridgehead atoms. The van der Waals surface area contributed by atoms with Crippen LogP contribution in [0, 0.1) is 6.92 Å². The zero-order valence-corrected chi connectivity index (χ0v) is 11.6. The number of aryl methyl sites for hydroxylation is 1. The van der Waals surface area contributed by atoms with Gasteiger partial charge in [0.2, 0.25) is 12.2 Å². The molecule has 0 radical (unpaired) electrons. The summed E-state index contributed by atoms with van der Waals surface area (Å²) >= 11 is 0. The lowest BCUT2D eigenvalue weighted by Gasteiger charge is -2.01. The fourth-order valence-electron chi connectivity index (χ4n) is 1.49. The van der Waals surface area contributed by atoms with E-state index in [1.807, 2.05) is 37.3 Å². The fourth-order valence-corrected chi connectivity index (χ4v) is 1.49. The summed E-state index contributed by atoms with van der Waals surface area (Å²) in [5.74, 6) is 0. The van der Waals surface area contributed by atoms with E-state index in [0.29, 0.717) is 5.56 Å². The number of rotatable bonds is 3. The van der Waals surface area contributed by atoms with Crippen LogP contribution in [0.25, 0.3) is 0 Å². The molecule has 0 saturated carbocycles. The molecule has 2 N–H and O–H groups in total. The second kappa shape index (κ2) is 8.99. The number of isocyanates is 2. The van der Waals surface area contributed by atoms with Gasteiger partial charge in [-0.05, 0) is 24.1 Å². The minimum Gasteiger partial charge on any atom is -0.399 e. The molecular weight excluding hydrogens is 266 g/mol. The normalized spacial score (nSPS) is 10.1. The molecule has 5 nitrogen and oxygen atoms in total. The molecular formula is C16H15N3O2. The molecule has 0 atom stereocenters. The van der Waals surface area contributed by atoms with Gasteiger partial charge in [-0.25, -0.2) is 9.59 Å². The maximum atomic E-state index is 9.98. The fraction of sp³-hybridized carbons (Fsp3) is 0.125. The number of hydrogen-bond acceptors (Lipinski definition) is 5. The summed E-state index contributed by atoms with van der Waals surface area (Å²) in [7, 11) is 0. The molecule has 0 saturated heterocycles. The van der Waals surface area contributed by atoms with E-state index in [9.17, 15) is 9.59 Å². The Hall–Kier alpha value is -3.00. The van der Waals surface area contributed by atoms with Crippen LogP contribution in [-0.2, 0) is 9.59 Å². The van der Waals surface area contributed by atoms with Gasteiger partial charge in [0.15, 0.2) is 6.17 Å². The molecule has 0 spiro atoms. The van der Waals surface area contributed by atoms with Crippen molar-refractivity contribution in [3.8, 4) is 0 Å². The summed E-state index contributed by atoms with van der Waals surface area (Å²) in [4.78, 5) is 26.7. The second-order valence-electron chi connectivity index (χ2n) is 4.08. The highest BCUT2D eigenvalue weighted by molar-refractivity contribution is 5.45. The van der Waals surface area contributed by atoms with Crippen LogP contribution in [0.15, 0.2) is 64.6 Å². The van der Waals surface area contributed by atoms with Gasteiger partial charge in [-0.3, -0.25) is 0 Å². The number of anilines is 1. The Balaban J connectivity index is 0.000000235. The molecule has 5 heteroatoms. The number of para-hydroxylation sites is 1. The number of carbonyl (C=O) groups excluding carboxylic acids is 2. The van der Waals surface area contributed by atoms with Crippen LogP contribution < -0.4 is 5.73 Å². The van der Waals surface area contributed by atoms with Crippen LogP contribution in [0.4, 0.5) is 5.69 Å². The van der Waals surface area contributed by atoms with E-state index >= 15 is 0 Å². The maximum absolute atomic E-state index is 9.98. The van der Waals surface area contributed by atoms with Crippen molar-refractivity contribution in [3.05, 3.63) is 65.7 Å². The molecule has 0 aromatic heterocycles. The monoisotopic (exact) mass is 281 g/mol. The third kappa shape index (κ3) is 5.66. The van der Waals surface area contributed by atoms with Gasteiger partial charge in [-0.2, -0.15) is 9.98 Å². The van der Waals surface area contributed by atoms with Gasteiger partial charge < -0.3 is 5.73 Å². The Morgan fingerprint density at radius 3 is 1.86 bits per heavy atom. The molecule has 2 aromatic carbocycles. The standard InChI is InChI=1S/C9H6N2O2.C7H9N/c12-6-10-9(11-7-13)8-4-2-1-3-5-8;1-6-4-2-3-5-7(6)8/h1-5,9H;2-5H,8H2,1H3. The largest absolute Gasteiger partial charge is 0.399 e. The van der Waals surface area contributed by atoms with Gasteiger partial charge in [0, 0.05) is 5.69 Å². The molecule has 0 fully saturated rings. The zero-order chi connectivity index (χ0) is 15.5. The maximum Gasteiger partial charge on any atom is 0.237 e. The Kier molecular flexibility index (Phi) is 6.87. The number of nitrogen functional groups attached to an aromatic ring is 1. The van der Waals surface area contributed by atoms with Crippen molar-refractivity contribution >= 4 is 17.8 Å². The van der Waals surface area contributed by atoms with Crippen LogP contribution in [0.2, 0.25) is 0 Å². The number of hydrogen-bond donors (Lipinski definition) is 1. The minimum atomic E-state index is -0.809. The molecule has 106 valence electrons. The van der Waals surface area contributed by atoms with Crippen molar-refractivity contribution in [2.24, 2.45) is 9.98 Å². The van der Waals surface area contributed by atoms with Gasteiger partial charge >= 0.3 is 0 Å². The van der Waals surface area contributed by atoms with Crippen LogP contribution in [0.3, 0.4) is 0 Å². The molecule has 0 heterocycles. The first kappa shape index (κ1) is 16.1. The highest BCUT2D eigenvalue weighted by atomic mass is 16.1. The molecule has 0 aliphatic heterocycles. The molecule has 0 aliphatic carbocycles. The first-order chi connectivity index (χ1) is 10.2. The Labute approximate surface area is 122 Å². The molecule has 0 amide bonds. The summed E-state index contributed by atoms with van der Waals surface area (Å²) in [5, 5.41) is 0. The van der Waals surface area contributed by atoms with E-state index in [-0.39, 0.29) is 0 Å². The van der Waals surface area contributed by atoms with Crippen LogP contribution in [0.1, 0.15) is 17.3 Å². The predicted octanol–water partition coefficient (Wildman–Crippen LogP) is 2.93. The topological polar surface area (TPSA) is 84.9 Å². The van der Waals surface area contributed by atoms with Gasteiger partial charge in [-0.15, -0.1) is 0 Å². The summed E-state index contributed by atoms with van der Waals surface area (Å²) < 4.78 is 0. The zero-order valence-electron chi connectivity index (χ0n) is 11.6. The van der Waals surface area contributed by atoms with E-state index in [1.165, 1.54) is 12.2 Å². The lowest BCUT2D eigenvalue weighted by Crippen LogP contribution is -1.89. The van der Waals surface area contributed by atoms with Crippen LogP contribution >= 0.6 is 0 Å². The van der Waals surface area contributed by atoms with Crippen molar-refractivity contribution < 1.29 is 9.59 Å². The molecule has 0 aliphatic rings. The smallest absolute Gasteiger partial charge is 0.237 e. The van der Waals surface area contributed by atoms with E-state index in [4.69, 9.17) is 5.73 Å². The van der Waals surface area contributed by atoms with Gasteiger partial charge in [0.05, 0.1) is 0 Å². The van der Waals surface area contributed by atoms with Crippen LogP contribution in [0.5, 0.6) is 0 Å². The lowest BCUT2D eigenvalue weighted by molar-refractivity contribution is 0.552. The Morgan fingerprint density at radius 1 is 0.905 bits per heavy atom. The SMILES string of the molecule is Cc1ccccc1N.O=C=NC(N=C=O)c1ccccc1. The molecule has 2 rings (SSSR count). The third-order valence-electron chi connectivity index (χ3n) is 2.64. The minimum absolute atomic E-state index is 0.661. The van der Waals surface area contributed by atoms with Crippen molar-refractivity contribution in [3.63, 3.8) is 0 Å². The Morgan fingerprint density at radius 2 is 1.43 bits per heavy atom. The number of benzene rings is 2. The molecule has 0 unspecified atom stereocenters. The first-order valence-electron chi connectivity index (χ1n) is 6.19. The summed E-state index contributed by atoms with van der Waals surface area (Å²) in [6, 6.07) is 16.6. The average Bonchev–Trinajstić information content (AvgIpc) is 2.52. The van der Waals surface area contributed by atoms with Crippen molar-refractivity contribution in [1.82, 2.24) is 0 Å². The van der Waals surface area contributed by atoms with Crippen LogP contribution in [-0.4, -0.2) is 12.2 Å². The summed E-state index contributed by atoms with van der Waals surface area (Å²) in [6.45, 7) is 2.00. The van der Waals surface area contributed by atoms with E-state index in [0.717, 1.165) is 11.3 Å². The lowest BCUT2D eigenvalue weighted by atomic mass is 10.2.